The molecule has 14 heavy (non-hydrogen) atoms. The lowest BCUT2D eigenvalue weighted by atomic mass is 10.1. The summed E-state index contributed by atoms with van der Waals surface area (Å²) < 4.78 is 4.92. The van der Waals surface area contributed by atoms with Crippen LogP contribution in [0.25, 0.3) is 0 Å². The van der Waals surface area contributed by atoms with Gasteiger partial charge in [0.2, 0.25) is 0 Å². The molecule has 3 heteroatoms. The minimum absolute atomic E-state index is 0.515. The van der Waals surface area contributed by atoms with Gasteiger partial charge in [0.05, 0.1) is 0 Å². The van der Waals surface area contributed by atoms with Crippen LogP contribution in [0.15, 0.2) is 18.2 Å². The standard InChI is InChI=1S/C11H11NO2/c1-3-9-6-4-5-8(2)11(9)14-10(13)7-12/h4-6H,3H2,1-2H3. The zero-order valence-electron chi connectivity index (χ0n) is 8.20. The summed E-state index contributed by atoms with van der Waals surface area (Å²) in [7, 11) is 0. The molecule has 0 saturated carbocycles. The van der Waals surface area contributed by atoms with Gasteiger partial charge in [-0.05, 0) is 24.5 Å². The Balaban J connectivity index is 3.06. The summed E-state index contributed by atoms with van der Waals surface area (Å²) in [6.07, 6.45) is 0.774. The van der Waals surface area contributed by atoms with Crippen LogP contribution >= 0.6 is 0 Å². The summed E-state index contributed by atoms with van der Waals surface area (Å²) in [5.41, 5.74) is 1.81. The van der Waals surface area contributed by atoms with Crippen molar-refractivity contribution < 1.29 is 9.53 Å². The molecule has 1 aromatic rings. The van der Waals surface area contributed by atoms with E-state index in [9.17, 15) is 4.79 Å². The van der Waals surface area contributed by atoms with Gasteiger partial charge in [0.25, 0.3) is 0 Å². The second kappa shape index (κ2) is 4.43. The van der Waals surface area contributed by atoms with Crippen molar-refractivity contribution in [1.29, 1.82) is 5.26 Å². The Hall–Kier alpha value is -1.82. The summed E-state index contributed by atoms with van der Waals surface area (Å²) in [4.78, 5) is 10.8. The summed E-state index contributed by atoms with van der Waals surface area (Å²) in [6.45, 7) is 3.82. The van der Waals surface area contributed by atoms with Crippen molar-refractivity contribution in [1.82, 2.24) is 0 Å². The molecule has 0 spiro atoms. The molecule has 0 heterocycles. The fourth-order valence-electron chi connectivity index (χ4n) is 1.25. The van der Waals surface area contributed by atoms with Crippen LogP contribution in [0, 0.1) is 18.3 Å². The van der Waals surface area contributed by atoms with Gasteiger partial charge in [-0.25, -0.2) is 4.79 Å². The number of benzene rings is 1. The Bertz CT molecular complexity index is 391. The minimum Gasteiger partial charge on any atom is -0.415 e. The SMILES string of the molecule is CCc1cccc(C)c1OC(=O)C#N. The van der Waals surface area contributed by atoms with E-state index in [4.69, 9.17) is 10.00 Å². The van der Waals surface area contributed by atoms with Crippen LogP contribution in [0.5, 0.6) is 5.75 Å². The van der Waals surface area contributed by atoms with Crippen molar-refractivity contribution >= 4 is 5.97 Å². The zero-order chi connectivity index (χ0) is 10.6. The second-order valence-corrected chi connectivity index (χ2v) is 2.92. The van der Waals surface area contributed by atoms with E-state index < -0.39 is 5.97 Å². The maximum absolute atomic E-state index is 10.8. The Morgan fingerprint density at radius 2 is 2.29 bits per heavy atom. The average Bonchev–Trinajstić information content (AvgIpc) is 2.20. The number of carbonyl (C=O) groups is 1. The number of esters is 1. The predicted molar refractivity (Wildman–Crippen MR) is 51.8 cm³/mol. The first-order valence-corrected chi connectivity index (χ1v) is 4.39. The third-order valence-electron chi connectivity index (χ3n) is 1.96. The third kappa shape index (κ3) is 2.11. The van der Waals surface area contributed by atoms with Crippen LogP contribution in [0.3, 0.4) is 0 Å². The molecule has 0 aliphatic carbocycles. The number of carbonyl (C=O) groups excluding carboxylic acids is 1. The summed E-state index contributed by atoms with van der Waals surface area (Å²) in [6, 6.07) is 7.06. The Morgan fingerprint density at radius 3 is 2.86 bits per heavy atom. The fourth-order valence-corrected chi connectivity index (χ4v) is 1.25. The highest BCUT2D eigenvalue weighted by Crippen LogP contribution is 2.23. The lowest BCUT2D eigenvalue weighted by Gasteiger charge is -2.08. The molecular formula is C11H11NO2. The number of nitriles is 1. The summed E-state index contributed by atoms with van der Waals surface area (Å²) in [5.74, 6) is -0.351. The molecule has 0 aliphatic heterocycles. The highest BCUT2D eigenvalue weighted by molar-refractivity contribution is 5.88. The number of nitrogens with zero attached hydrogens (tertiary/aromatic N) is 1. The van der Waals surface area contributed by atoms with Gasteiger partial charge in [0.15, 0.2) is 6.07 Å². The molecule has 0 bridgehead atoms. The molecule has 0 saturated heterocycles. The highest BCUT2D eigenvalue weighted by Gasteiger charge is 2.09. The molecule has 1 rings (SSSR count). The lowest BCUT2D eigenvalue weighted by Crippen LogP contribution is -2.07. The van der Waals surface area contributed by atoms with Crippen molar-refractivity contribution in [3.63, 3.8) is 0 Å². The van der Waals surface area contributed by atoms with Crippen LogP contribution in [-0.2, 0) is 11.2 Å². The van der Waals surface area contributed by atoms with E-state index in [0.29, 0.717) is 5.75 Å². The quantitative estimate of drug-likeness (QED) is 0.406. The fraction of sp³-hybridized carbons (Fsp3) is 0.273. The zero-order valence-corrected chi connectivity index (χ0v) is 8.20. The van der Waals surface area contributed by atoms with Crippen molar-refractivity contribution in [3.8, 4) is 11.8 Å². The molecular weight excluding hydrogens is 178 g/mol. The second-order valence-electron chi connectivity index (χ2n) is 2.92. The molecule has 0 aliphatic rings. The van der Waals surface area contributed by atoms with E-state index in [-0.39, 0.29) is 0 Å². The van der Waals surface area contributed by atoms with E-state index in [1.165, 1.54) is 6.07 Å². The van der Waals surface area contributed by atoms with Crippen LogP contribution in [-0.4, -0.2) is 5.97 Å². The molecule has 72 valence electrons. The Kier molecular flexibility index (Phi) is 3.24. The monoisotopic (exact) mass is 189 g/mol. The molecule has 0 radical (unpaired) electrons. The van der Waals surface area contributed by atoms with E-state index in [0.717, 1.165) is 17.5 Å². The number of para-hydroxylation sites is 1. The van der Waals surface area contributed by atoms with Crippen molar-refractivity contribution in [3.05, 3.63) is 29.3 Å². The highest BCUT2D eigenvalue weighted by atomic mass is 16.5. The maximum Gasteiger partial charge on any atom is 0.416 e. The predicted octanol–water partition coefficient (Wildman–Crippen LogP) is 1.99. The first-order valence-electron chi connectivity index (χ1n) is 4.39. The van der Waals surface area contributed by atoms with Crippen LogP contribution in [0.1, 0.15) is 18.1 Å². The van der Waals surface area contributed by atoms with E-state index >= 15 is 0 Å². The number of aryl methyl sites for hydroxylation is 2. The average molecular weight is 189 g/mol. The lowest BCUT2D eigenvalue weighted by molar-refractivity contribution is -0.128. The number of hydrogen-bond donors (Lipinski definition) is 0. The topological polar surface area (TPSA) is 50.1 Å². The van der Waals surface area contributed by atoms with E-state index in [1.807, 2.05) is 32.0 Å². The van der Waals surface area contributed by atoms with Crippen molar-refractivity contribution in [2.75, 3.05) is 0 Å². The van der Waals surface area contributed by atoms with Crippen LogP contribution < -0.4 is 4.74 Å². The molecule has 0 unspecified atom stereocenters. The van der Waals surface area contributed by atoms with E-state index in [1.54, 1.807) is 0 Å². The smallest absolute Gasteiger partial charge is 0.415 e. The molecule has 3 nitrogen and oxygen atoms in total. The minimum atomic E-state index is -0.867. The Morgan fingerprint density at radius 1 is 1.57 bits per heavy atom. The van der Waals surface area contributed by atoms with Gasteiger partial charge in [-0.1, -0.05) is 25.1 Å². The number of hydrogen-bond acceptors (Lipinski definition) is 3. The van der Waals surface area contributed by atoms with Crippen LogP contribution in [0.4, 0.5) is 0 Å². The van der Waals surface area contributed by atoms with Gasteiger partial charge < -0.3 is 4.74 Å². The molecule has 1 aromatic carbocycles. The summed E-state index contributed by atoms with van der Waals surface area (Å²) >= 11 is 0. The first kappa shape index (κ1) is 10.3. The number of rotatable bonds is 2. The maximum atomic E-state index is 10.8. The molecule has 0 N–H and O–H groups in total. The van der Waals surface area contributed by atoms with Crippen LogP contribution in [0.2, 0.25) is 0 Å². The molecule has 0 aromatic heterocycles. The normalized spacial score (nSPS) is 9.21. The summed E-state index contributed by atoms with van der Waals surface area (Å²) in [5, 5.41) is 8.33. The number of ether oxygens (including phenoxy) is 1. The van der Waals surface area contributed by atoms with Gasteiger partial charge in [-0.2, -0.15) is 5.26 Å². The Labute approximate surface area is 82.9 Å². The molecule has 0 atom stereocenters. The van der Waals surface area contributed by atoms with Crippen molar-refractivity contribution in [2.24, 2.45) is 0 Å². The van der Waals surface area contributed by atoms with Gasteiger partial charge in [0.1, 0.15) is 5.75 Å². The van der Waals surface area contributed by atoms with Gasteiger partial charge in [-0.3, -0.25) is 0 Å². The third-order valence-corrected chi connectivity index (χ3v) is 1.96. The first-order chi connectivity index (χ1) is 6.69. The largest absolute Gasteiger partial charge is 0.416 e. The van der Waals surface area contributed by atoms with Gasteiger partial charge in [0, 0.05) is 0 Å². The molecule has 0 amide bonds. The molecule has 0 fully saturated rings. The van der Waals surface area contributed by atoms with Gasteiger partial charge in [-0.15, -0.1) is 0 Å². The van der Waals surface area contributed by atoms with E-state index in [2.05, 4.69) is 0 Å². The van der Waals surface area contributed by atoms with Crippen molar-refractivity contribution in [2.45, 2.75) is 20.3 Å². The van der Waals surface area contributed by atoms with Gasteiger partial charge >= 0.3 is 5.97 Å².